The van der Waals surface area contributed by atoms with E-state index in [0.717, 1.165) is 0 Å². The normalized spacial score (nSPS) is 11.1. The number of Topliss-reactive ketones (excluding diaryl/α,β-unsaturated/α-hetero) is 1. The van der Waals surface area contributed by atoms with Gasteiger partial charge in [0.2, 0.25) is 0 Å². The number of rotatable bonds is 6. The number of nitrogens with zero attached hydrogens (tertiary/aromatic N) is 2. The van der Waals surface area contributed by atoms with Crippen molar-refractivity contribution < 1.29 is 22.7 Å². The molecule has 1 aromatic heterocycles. The Morgan fingerprint density at radius 2 is 1.88 bits per heavy atom. The third-order valence-electron chi connectivity index (χ3n) is 3.13. The summed E-state index contributed by atoms with van der Waals surface area (Å²) in [6.07, 6.45) is 1.37. The van der Waals surface area contributed by atoms with Gasteiger partial charge in [-0.05, 0) is 26.0 Å². The van der Waals surface area contributed by atoms with E-state index in [-0.39, 0.29) is 28.7 Å². The van der Waals surface area contributed by atoms with E-state index in [9.17, 15) is 18.0 Å². The van der Waals surface area contributed by atoms with Gasteiger partial charge in [-0.1, -0.05) is 12.1 Å². The fraction of sp³-hybridized carbons (Fsp3) is 0.267. The van der Waals surface area contributed by atoms with Crippen LogP contribution in [0, 0.1) is 0 Å². The molecule has 0 fully saturated rings. The van der Waals surface area contributed by atoms with Gasteiger partial charge in [0.05, 0.1) is 11.5 Å². The van der Waals surface area contributed by atoms with E-state index in [4.69, 9.17) is 4.74 Å². The van der Waals surface area contributed by atoms with Crippen LogP contribution in [0.3, 0.4) is 0 Å². The molecule has 1 aromatic carbocycles. The molecule has 0 bridgehead atoms. The molecule has 0 radical (unpaired) electrons. The summed E-state index contributed by atoms with van der Waals surface area (Å²) >= 11 is 0. The summed E-state index contributed by atoms with van der Waals surface area (Å²) < 4.78 is 33.3. The zero-order chi connectivity index (χ0) is 17.9. The van der Waals surface area contributed by atoms with Crippen molar-refractivity contribution in [2.75, 3.05) is 11.3 Å². The van der Waals surface area contributed by atoms with E-state index in [2.05, 4.69) is 9.82 Å². The smallest absolute Gasteiger partial charge is 0.343 e. The van der Waals surface area contributed by atoms with E-state index in [1.165, 1.54) is 42.1 Å². The fourth-order valence-electron chi connectivity index (χ4n) is 1.98. The highest BCUT2D eigenvalue weighted by Gasteiger charge is 2.22. The molecule has 0 amide bonds. The van der Waals surface area contributed by atoms with E-state index in [0.29, 0.717) is 5.56 Å². The molecule has 9 heteroatoms. The molecule has 2 aromatic rings. The lowest BCUT2D eigenvalue weighted by atomic mass is 10.2. The molecule has 0 saturated carbocycles. The van der Waals surface area contributed by atoms with Gasteiger partial charge >= 0.3 is 5.97 Å². The summed E-state index contributed by atoms with van der Waals surface area (Å²) in [5.41, 5.74) is 0.419. The Morgan fingerprint density at radius 1 is 1.25 bits per heavy atom. The molecular weight excluding hydrogens is 334 g/mol. The number of hydrogen-bond acceptors (Lipinski definition) is 6. The molecule has 2 rings (SSSR count). The van der Waals surface area contributed by atoms with Crippen LogP contribution < -0.4 is 4.72 Å². The number of nitrogens with one attached hydrogen (secondary N) is 1. The van der Waals surface area contributed by atoms with Crippen LogP contribution >= 0.6 is 0 Å². The highest BCUT2D eigenvalue weighted by atomic mass is 32.2. The SMILES string of the molecule is CCOC(=O)c1cn(C)nc1NS(=O)(=O)c1ccc(C(C)=O)cc1. The molecule has 0 aliphatic rings. The van der Waals surface area contributed by atoms with Crippen molar-refractivity contribution in [2.24, 2.45) is 7.05 Å². The van der Waals surface area contributed by atoms with Crippen LogP contribution in [-0.2, 0) is 21.8 Å². The summed E-state index contributed by atoms with van der Waals surface area (Å²) in [4.78, 5) is 23.1. The number of esters is 1. The Kier molecular flexibility index (Phi) is 5.03. The highest BCUT2D eigenvalue weighted by molar-refractivity contribution is 7.92. The van der Waals surface area contributed by atoms with E-state index in [1.807, 2.05) is 0 Å². The van der Waals surface area contributed by atoms with Gasteiger partial charge in [-0.2, -0.15) is 5.10 Å². The predicted molar refractivity (Wildman–Crippen MR) is 86.4 cm³/mol. The van der Waals surface area contributed by atoms with Crippen molar-refractivity contribution in [3.8, 4) is 0 Å². The van der Waals surface area contributed by atoms with E-state index in [1.54, 1.807) is 14.0 Å². The van der Waals surface area contributed by atoms with Crippen LogP contribution in [0.1, 0.15) is 34.6 Å². The number of aryl methyl sites for hydroxylation is 1. The van der Waals surface area contributed by atoms with Gasteiger partial charge in [-0.25, -0.2) is 13.2 Å². The maximum Gasteiger partial charge on any atom is 0.343 e. The lowest BCUT2D eigenvalue weighted by molar-refractivity contribution is 0.0527. The van der Waals surface area contributed by atoms with Crippen molar-refractivity contribution in [1.82, 2.24) is 9.78 Å². The van der Waals surface area contributed by atoms with Crippen molar-refractivity contribution in [1.29, 1.82) is 0 Å². The van der Waals surface area contributed by atoms with Gasteiger partial charge in [-0.15, -0.1) is 0 Å². The van der Waals surface area contributed by atoms with Gasteiger partial charge < -0.3 is 4.74 Å². The Morgan fingerprint density at radius 3 is 2.42 bits per heavy atom. The first-order valence-corrected chi connectivity index (χ1v) is 8.57. The Balaban J connectivity index is 2.32. The minimum Gasteiger partial charge on any atom is -0.462 e. The Bertz CT molecular complexity index is 869. The molecule has 8 nitrogen and oxygen atoms in total. The minimum absolute atomic E-state index is 0.0169. The van der Waals surface area contributed by atoms with Crippen molar-refractivity contribution in [2.45, 2.75) is 18.7 Å². The quantitative estimate of drug-likeness (QED) is 0.626. The van der Waals surface area contributed by atoms with Gasteiger partial charge in [0.15, 0.2) is 11.6 Å². The highest BCUT2D eigenvalue weighted by Crippen LogP contribution is 2.20. The zero-order valence-electron chi connectivity index (χ0n) is 13.4. The summed E-state index contributed by atoms with van der Waals surface area (Å²) in [7, 11) is -2.40. The van der Waals surface area contributed by atoms with Crippen LogP contribution in [0.5, 0.6) is 0 Å². The van der Waals surface area contributed by atoms with E-state index >= 15 is 0 Å². The number of carbonyl (C=O) groups excluding carboxylic acids is 2. The van der Waals surface area contributed by atoms with Gasteiger partial charge in [-0.3, -0.25) is 14.2 Å². The molecule has 0 spiro atoms. The second-order valence-electron chi connectivity index (χ2n) is 4.97. The molecule has 24 heavy (non-hydrogen) atoms. The molecule has 0 unspecified atom stereocenters. The lowest BCUT2D eigenvalue weighted by Crippen LogP contribution is -2.16. The van der Waals surface area contributed by atoms with Gasteiger partial charge in [0.25, 0.3) is 10.0 Å². The molecule has 1 heterocycles. The van der Waals surface area contributed by atoms with Crippen molar-refractivity contribution >= 4 is 27.6 Å². The average Bonchev–Trinajstić information content (AvgIpc) is 2.87. The molecule has 128 valence electrons. The summed E-state index contributed by atoms with van der Waals surface area (Å²) in [5.74, 6) is -0.956. The summed E-state index contributed by atoms with van der Waals surface area (Å²) in [6.45, 7) is 3.20. The number of ether oxygens (including phenoxy) is 1. The number of sulfonamides is 1. The molecule has 0 atom stereocenters. The largest absolute Gasteiger partial charge is 0.462 e. The summed E-state index contributed by atoms with van der Waals surface area (Å²) in [6, 6.07) is 5.46. The first-order chi connectivity index (χ1) is 11.2. The maximum atomic E-state index is 12.4. The first kappa shape index (κ1) is 17.7. The molecule has 0 aliphatic heterocycles. The Labute approximate surface area is 139 Å². The Hall–Kier alpha value is -2.68. The second kappa shape index (κ2) is 6.83. The fourth-order valence-corrected chi connectivity index (χ4v) is 2.99. The zero-order valence-corrected chi connectivity index (χ0v) is 14.3. The van der Waals surface area contributed by atoms with Crippen LogP contribution in [0.4, 0.5) is 5.82 Å². The van der Waals surface area contributed by atoms with Crippen molar-refractivity contribution in [3.63, 3.8) is 0 Å². The second-order valence-corrected chi connectivity index (χ2v) is 6.65. The lowest BCUT2D eigenvalue weighted by Gasteiger charge is -2.08. The van der Waals surface area contributed by atoms with Crippen LogP contribution in [0.15, 0.2) is 35.4 Å². The van der Waals surface area contributed by atoms with Gasteiger partial charge in [0.1, 0.15) is 5.56 Å². The monoisotopic (exact) mass is 351 g/mol. The molecular formula is C15H17N3O5S. The molecule has 1 N–H and O–H groups in total. The third kappa shape index (κ3) is 3.80. The predicted octanol–water partition coefficient (Wildman–Crippen LogP) is 1.60. The maximum absolute atomic E-state index is 12.4. The number of hydrogen-bond donors (Lipinski definition) is 1. The average molecular weight is 351 g/mol. The third-order valence-corrected chi connectivity index (χ3v) is 4.48. The molecule has 0 aliphatic carbocycles. The topological polar surface area (TPSA) is 107 Å². The first-order valence-electron chi connectivity index (χ1n) is 7.09. The van der Waals surface area contributed by atoms with Crippen molar-refractivity contribution in [3.05, 3.63) is 41.6 Å². The number of aromatic nitrogens is 2. The minimum atomic E-state index is -3.96. The number of ketones is 1. The number of carbonyl (C=O) groups is 2. The number of anilines is 1. The number of benzene rings is 1. The van der Waals surface area contributed by atoms with Crippen LogP contribution in [0.2, 0.25) is 0 Å². The van der Waals surface area contributed by atoms with Crippen LogP contribution in [-0.4, -0.2) is 36.6 Å². The van der Waals surface area contributed by atoms with Crippen LogP contribution in [0.25, 0.3) is 0 Å². The summed E-state index contributed by atoms with van der Waals surface area (Å²) in [5, 5.41) is 3.94. The van der Waals surface area contributed by atoms with E-state index < -0.39 is 16.0 Å². The molecule has 0 saturated heterocycles. The van der Waals surface area contributed by atoms with Gasteiger partial charge in [0, 0.05) is 18.8 Å². The standard InChI is InChI=1S/C15H17N3O5S/c1-4-23-15(20)13-9-18(3)16-14(13)17-24(21,22)12-7-5-11(6-8-12)10(2)19/h5-9H,4H2,1-3H3,(H,16,17).